The predicted octanol–water partition coefficient (Wildman–Crippen LogP) is 18.5. The third kappa shape index (κ3) is 50.8. The van der Waals surface area contributed by atoms with Gasteiger partial charge in [0.05, 0.1) is 25.4 Å². The molecule has 1 amide bonds. The van der Waals surface area contributed by atoms with Crippen LogP contribution in [0.4, 0.5) is 0 Å². The molecule has 6 N–H and O–H groups in total. The number of aliphatic hydroxyl groups excluding tert-OH is 5. The highest BCUT2D eigenvalue weighted by atomic mass is 16.7. The van der Waals surface area contributed by atoms with E-state index in [2.05, 4.69) is 160 Å². The van der Waals surface area contributed by atoms with Gasteiger partial charge in [-0.15, -0.1) is 0 Å². The Morgan fingerprint density at radius 1 is 0.449 bits per heavy atom. The van der Waals surface area contributed by atoms with Gasteiger partial charge in [0, 0.05) is 6.42 Å². The standard InChI is InChI=1S/C78H129NO10/c1-4-7-10-13-16-19-22-24-26-28-30-32-34-35-36-38-39-41-43-45-47-50-53-56-59-62-65-71(82)77(86)79-69(70(81)64-61-58-55-52-49-21-18-15-12-9-6-3)68-87-78-76(75(85)74(84)72(67-80)88-78)89-73(83)66-63-60-57-54-51-48-46-44-42-40-37-33-31-29-27-25-23-20-17-14-11-8-5-2/h7-8,10-11,16-17,19-20,24-27,30-33,35-36,40,42,46,48,61,64,69-72,74-76,78,80-82,84-85H,4-6,9,12-15,18,21-23,28-29,34,37-39,41,43-45,47,49-60,62-63,65-68H2,1-3H3,(H,79,86)/b10-7-,11-8-,19-16-,20-17-,26-24-,27-25-,32-30-,33-31-,36-35-,42-40-,48-46-,64-61+. The molecular weight excluding hydrogens is 1110 g/mol. The van der Waals surface area contributed by atoms with Crippen LogP contribution in [0.5, 0.6) is 0 Å². The van der Waals surface area contributed by atoms with Crippen LogP contribution >= 0.6 is 0 Å². The molecule has 1 fully saturated rings. The van der Waals surface area contributed by atoms with Crippen LogP contribution in [0.3, 0.4) is 0 Å². The van der Waals surface area contributed by atoms with Crippen LogP contribution in [0, 0.1) is 0 Å². The van der Waals surface area contributed by atoms with Gasteiger partial charge in [0.25, 0.3) is 0 Å². The maximum atomic E-state index is 13.5. The Labute approximate surface area is 543 Å². The number of rotatable bonds is 59. The fourth-order valence-electron chi connectivity index (χ4n) is 10.2. The first kappa shape index (κ1) is 82.6. The van der Waals surface area contributed by atoms with E-state index in [9.17, 15) is 35.1 Å². The fourth-order valence-corrected chi connectivity index (χ4v) is 10.2. The highest BCUT2D eigenvalue weighted by Gasteiger charge is 2.47. The summed E-state index contributed by atoms with van der Waals surface area (Å²) in [7, 11) is 0. The Morgan fingerprint density at radius 3 is 1.21 bits per heavy atom. The second-order valence-corrected chi connectivity index (χ2v) is 23.9. The van der Waals surface area contributed by atoms with Crippen LogP contribution in [0.15, 0.2) is 146 Å². The number of esters is 1. The van der Waals surface area contributed by atoms with Crippen molar-refractivity contribution in [2.24, 2.45) is 0 Å². The van der Waals surface area contributed by atoms with Crippen molar-refractivity contribution in [2.45, 2.75) is 320 Å². The molecule has 0 aliphatic carbocycles. The number of unbranched alkanes of at least 4 members (excludes halogenated alkanes) is 23. The maximum Gasteiger partial charge on any atom is 0.306 e. The third-order valence-corrected chi connectivity index (χ3v) is 15.7. The molecule has 11 nitrogen and oxygen atoms in total. The Morgan fingerprint density at radius 2 is 0.809 bits per heavy atom. The number of carbonyl (C=O) groups excluding carboxylic acids is 2. The van der Waals surface area contributed by atoms with Crippen LogP contribution < -0.4 is 5.32 Å². The molecule has 1 aliphatic heterocycles. The highest BCUT2D eigenvalue weighted by molar-refractivity contribution is 5.80. The highest BCUT2D eigenvalue weighted by Crippen LogP contribution is 2.26. The summed E-state index contributed by atoms with van der Waals surface area (Å²) in [4.78, 5) is 26.7. The van der Waals surface area contributed by atoms with Gasteiger partial charge in [-0.25, -0.2) is 0 Å². The Kier molecular flexibility index (Phi) is 59.1. The molecule has 11 heteroatoms. The molecule has 0 aromatic carbocycles. The van der Waals surface area contributed by atoms with Gasteiger partial charge in [-0.3, -0.25) is 9.59 Å². The Balaban J connectivity index is 2.58. The first-order chi connectivity index (χ1) is 43.7. The van der Waals surface area contributed by atoms with Gasteiger partial charge in [0.15, 0.2) is 12.4 Å². The molecule has 0 bridgehead atoms. The largest absolute Gasteiger partial charge is 0.454 e. The lowest BCUT2D eigenvalue weighted by molar-refractivity contribution is -0.305. The van der Waals surface area contributed by atoms with Crippen molar-refractivity contribution in [1.29, 1.82) is 0 Å². The molecule has 506 valence electrons. The lowest BCUT2D eigenvalue weighted by Crippen LogP contribution is -2.61. The summed E-state index contributed by atoms with van der Waals surface area (Å²) < 4.78 is 17.7. The SMILES string of the molecule is CC/C=C\C/C=C\C/C=C\C/C=C\C/C=C\C/C=C\CCCCCCC(=O)OC1C(OCC(NC(=O)C(O)CCCCCCCCCCCC/C=C\C/C=C\C/C=C\C/C=C\C/C=C\CC)C(O)/C=C/CCCCCCCCCCC)OC(CO)C(O)C1O. The zero-order valence-electron chi connectivity index (χ0n) is 56.2. The van der Waals surface area contributed by atoms with E-state index in [4.69, 9.17) is 14.2 Å². The van der Waals surface area contributed by atoms with Gasteiger partial charge in [-0.2, -0.15) is 0 Å². The summed E-state index contributed by atoms with van der Waals surface area (Å²) in [5, 5.41) is 57.2. The molecule has 0 saturated carbocycles. The molecule has 1 aliphatic rings. The lowest BCUT2D eigenvalue weighted by Gasteiger charge is -2.41. The monoisotopic (exact) mass is 1240 g/mol. The minimum absolute atomic E-state index is 0.0856. The maximum absolute atomic E-state index is 13.5. The number of ether oxygens (including phenoxy) is 3. The molecule has 1 saturated heterocycles. The van der Waals surface area contributed by atoms with E-state index < -0.39 is 67.4 Å². The van der Waals surface area contributed by atoms with Crippen molar-refractivity contribution < 1.29 is 49.3 Å². The van der Waals surface area contributed by atoms with E-state index in [0.29, 0.717) is 12.8 Å². The van der Waals surface area contributed by atoms with E-state index >= 15 is 0 Å². The van der Waals surface area contributed by atoms with Crippen LogP contribution in [0.25, 0.3) is 0 Å². The molecule has 0 radical (unpaired) electrons. The number of carbonyl (C=O) groups is 2. The first-order valence-electron chi connectivity index (χ1n) is 35.6. The van der Waals surface area contributed by atoms with E-state index in [1.807, 2.05) is 6.08 Å². The van der Waals surface area contributed by atoms with Crippen molar-refractivity contribution >= 4 is 11.9 Å². The molecule has 89 heavy (non-hydrogen) atoms. The van der Waals surface area contributed by atoms with Gasteiger partial charge in [-0.1, -0.05) is 289 Å². The number of amides is 1. The van der Waals surface area contributed by atoms with E-state index in [-0.39, 0.29) is 19.4 Å². The van der Waals surface area contributed by atoms with Gasteiger partial charge < -0.3 is 45.1 Å². The topological polar surface area (TPSA) is 175 Å². The predicted molar refractivity (Wildman–Crippen MR) is 374 cm³/mol. The molecule has 0 aromatic heterocycles. The second kappa shape index (κ2) is 63.7. The third-order valence-electron chi connectivity index (χ3n) is 15.7. The molecule has 1 rings (SSSR count). The van der Waals surface area contributed by atoms with Crippen molar-refractivity contribution in [3.63, 3.8) is 0 Å². The number of aliphatic hydroxyl groups is 5. The van der Waals surface area contributed by atoms with Crippen molar-refractivity contribution in [3.8, 4) is 0 Å². The summed E-state index contributed by atoms with van der Waals surface area (Å²) in [6, 6.07) is -1.04. The van der Waals surface area contributed by atoms with Crippen molar-refractivity contribution in [3.05, 3.63) is 146 Å². The average Bonchev–Trinajstić information content (AvgIpc) is 1.97. The minimum Gasteiger partial charge on any atom is -0.454 e. The Bertz CT molecular complexity index is 2010. The molecule has 1 heterocycles. The fraction of sp³-hybridized carbons (Fsp3) is 0.667. The number of hydrogen-bond acceptors (Lipinski definition) is 10. The average molecular weight is 1240 g/mol. The molecular formula is C78H129NO10. The first-order valence-corrected chi connectivity index (χ1v) is 35.6. The lowest BCUT2D eigenvalue weighted by atomic mass is 9.99. The van der Waals surface area contributed by atoms with E-state index in [1.54, 1.807) is 6.08 Å². The molecule has 8 unspecified atom stereocenters. The van der Waals surface area contributed by atoms with Crippen LogP contribution in [-0.4, -0.2) is 99.6 Å². The van der Waals surface area contributed by atoms with Crippen LogP contribution in [0.1, 0.15) is 271 Å². The molecule has 0 spiro atoms. The quantitative estimate of drug-likeness (QED) is 0.0195. The summed E-state index contributed by atoms with van der Waals surface area (Å²) in [6.45, 7) is 5.55. The van der Waals surface area contributed by atoms with Crippen molar-refractivity contribution in [1.82, 2.24) is 5.32 Å². The van der Waals surface area contributed by atoms with Crippen LogP contribution in [0.2, 0.25) is 0 Å². The van der Waals surface area contributed by atoms with Gasteiger partial charge in [-0.05, 0) is 122 Å². The number of nitrogens with one attached hydrogen (secondary N) is 1. The van der Waals surface area contributed by atoms with E-state index in [0.717, 1.165) is 148 Å². The van der Waals surface area contributed by atoms with Gasteiger partial charge in [0.1, 0.15) is 24.4 Å². The summed E-state index contributed by atoms with van der Waals surface area (Å²) in [5.74, 6) is -1.23. The summed E-state index contributed by atoms with van der Waals surface area (Å²) in [5.41, 5.74) is 0. The zero-order valence-corrected chi connectivity index (χ0v) is 56.2. The smallest absolute Gasteiger partial charge is 0.306 e. The Hall–Kier alpha value is -4.46. The van der Waals surface area contributed by atoms with E-state index in [1.165, 1.54) is 77.0 Å². The molecule has 0 aromatic rings. The second-order valence-electron chi connectivity index (χ2n) is 23.9. The number of hydrogen-bond donors (Lipinski definition) is 6. The van der Waals surface area contributed by atoms with Crippen LogP contribution in [-0.2, 0) is 23.8 Å². The molecule has 8 atom stereocenters. The van der Waals surface area contributed by atoms with Gasteiger partial charge >= 0.3 is 5.97 Å². The number of allylic oxidation sites excluding steroid dienone is 23. The normalized spacial score (nSPS) is 19.0. The summed E-state index contributed by atoms with van der Waals surface area (Å²) >= 11 is 0. The summed E-state index contributed by atoms with van der Waals surface area (Å²) in [6.07, 6.45) is 81.7. The zero-order chi connectivity index (χ0) is 64.6. The van der Waals surface area contributed by atoms with Gasteiger partial charge in [0.2, 0.25) is 5.91 Å². The van der Waals surface area contributed by atoms with Crippen molar-refractivity contribution in [2.75, 3.05) is 13.2 Å². The minimum atomic E-state index is -1.64.